The lowest BCUT2D eigenvalue weighted by Crippen LogP contribution is -2.42. The molecule has 0 unspecified atom stereocenters. The summed E-state index contributed by atoms with van der Waals surface area (Å²) >= 11 is 6.02. The van der Waals surface area contributed by atoms with E-state index in [4.69, 9.17) is 16.0 Å². The average molecular weight is 377 g/mol. The quantitative estimate of drug-likeness (QED) is 0.858. The number of nitrogens with one attached hydrogen (secondary N) is 2. The summed E-state index contributed by atoms with van der Waals surface area (Å²) in [4.78, 5) is 19.0. The van der Waals surface area contributed by atoms with Crippen molar-refractivity contribution in [2.45, 2.75) is 25.7 Å². The molecule has 0 radical (unpaired) electrons. The summed E-state index contributed by atoms with van der Waals surface area (Å²) in [6.07, 6.45) is 3.97. The molecule has 4 rings (SSSR count). The summed E-state index contributed by atoms with van der Waals surface area (Å²) in [6.45, 7) is 4.47. The molecule has 1 aromatic heterocycles. The first-order chi connectivity index (χ1) is 12.7. The summed E-state index contributed by atoms with van der Waals surface area (Å²) in [7, 11) is 0. The Hall–Kier alpha value is -1.79. The van der Waals surface area contributed by atoms with Crippen LogP contribution in [-0.2, 0) is 4.79 Å². The standard InChI is InChI=1S/C19H25ClN4O2/c20-15-1-2-17-16(11-15)23-19(26-17)24-9-5-13(6-10-24)12-22-18(25)14-3-7-21-8-4-14/h1-2,11,13-14,21H,3-10,12H2,(H,22,25). The van der Waals surface area contributed by atoms with E-state index in [1.807, 2.05) is 18.2 Å². The minimum absolute atomic E-state index is 0.183. The van der Waals surface area contributed by atoms with Crippen LogP contribution >= 0.6 is 11.6 Å². The van der Waals surface area contributed by atoms with Crippen LogP contribution in [0.25, 0.3) is 11.1 Å². The minimum atomic E-state index is 0.183. The highest BCUT2D eigenvalue weighted by atomic mass is 35.5. The van der Waals surface area contributed by atoms with E-state index >= 15 is 0 Å². The monoisotopic (exact) mass is 376 g/mol. The SMILES string of the molecule is O=C(NCC1CCN(c2nc3cc(Cl)ccc3o2)CC1)C1CCNCC1. The number of benzene rings is 1. The molecule has 140 valence electrons. The Morgan fingerprint density at radius 1 is 1.27 bits per heavy atom. The second-order valence-electron chi connectivity index (χ2n) is 7.31. The molecule has 2 fully saturated rings. The van der Waals surface area contributed by atoms with Gasteiger partial charge in [0.1, 0.15) is 5.52 Å². The molecule has 1 aromatic carbocycles. The van der Waals surface area contributed by atoms with E-state index < -0.39 is 0 Å². The number of rotatable bonds is 4. The van der Waals surface area contributed by atoms with Crippen molar-refractivity contribution >= 4 is 34.6 Å². The minimum Gasteiger partial charge on any atom is -0.423 e. The van der Waals surface area contributed by atoms with Gasteiger partial charge < -0.3 is 20.0 Å². The molecule has 0 atom stereocenters. The number of fused-ring (bicyclic) bond motifs is 1. The van der Waals surface area contributed by atoms with E-state index in [2.05, 4.69) is 20.5 Å². The maximum atomic E-state index is 12.3. The summed E-state index contributed by atoms with van der Waals surface area (Å²) in [6, 6.07) is 6.17. The molecule has 2 aromatic rings. The van der Waals surface area contributed by atoms with Gasteiger partial charge in [0.25, 0.3) is 6.01 Å². The molecular formula is C19H25ClN4O2. The Bertz CT molecular complexity index is 764. The van der Waals surface area contributed by atoms with Crippen LogP contribution in [0.4, 0.5) is 6.01 Å². The van der Waals surface area contributed by atoms with Gasteiger partial charge >= 0.3 is 0 Å². The van der Waals surface area contributed by atoms with E-state index in [0.717, 1.165) is 69.5 Å². The normalized spacial score (nSPS) is 19.8. The van der Waals surface area contributed by atoms with Crippen LogP contribution in [-0.4, -0.2) is 43.6 Å². The van der Waals surface area contributed by atoms with Crippen LogP contribution in [0.5, 0.6) is 0 Å². The molecule has 0 aliphatic carbocycles. The number of nitrogens with zero attached hydrogens (tertiary/aromatic N) is 2. The summed E-state index contributed by atoms with van der Waals surface area (Å²) in [5.41, 5.74) is 1.56. The van der Waals surface area contributed by atoms with E-state index in [0.29, 0.717) is 17.0 Å². The van der Waals surface area contributed by atoms with Crippen molar-refractivity contribution < 1.29 is 9.21 Å². The number of carbonyl (C=O) groups excluding carboxylic acids is 1. The Labute approximate surface area is 158 Å². The van der Waals surface area contributed by atoms with E-state index in [1.165, 1.54) is 0 Å². The van der Waals surface area contributed by atoms with Crippen molar-refractivity contribution in [1.29, 1.82) is 0 Å². The predicted octanol–water partition coefficient (Wildman–Crippen LogP) is 2.81. The number of hydrogen-bond donors (Lipinski definition) is 2. The van der Waals surface area contributed by atoms with Gasteiger partial charge in [0.2, 0.25) is 5.91 Å². The molecule has 2 aliphatic heterocycles. The molecule has 2 aliphatic rings. The summed E-state index contributed by atoms with van der Waals surface area (Å²) in [5, 5.41) is 7.13. The van der Waals surface area contributed by atoms with Crippen LogP contribution in [0, 0.1) is 11.8 Å². The van der Waals surface area contributed by atoms with Crippen LogP contribution < -0.4 is 15.5 Å². The Kier molecular flexibility index (Phi) is 5.31. The second kappa shape index (κ2) is 7.84. The van der Waals surface area contributed by atoms with Gasteiger partial charge in [-0.3, -0.25) is 4.79 Å². The number of hydrogen-bond acceptors (Lipinski definition) is 5. The zero-order chi connectivity index (χ0) is 17.9. The van der Waals surface area contributed by atoms with Crippen molar-refractivity contribution in [2.75, 3.05) is 37.6 Å². The number of aromatic nitrogens is 1. The van der Waals surface area contributed by atoms with Crippen LogP contribution in [0.1, 0.15) is 25.7 Å². The van der Waals surface area contributed by atoms with Crippen molar-refractivity contribution in [3.8, 4) is 0 Å². The van der Waals surface area contributed by atoms with E-state index in [-0.39, 0.29) is 11.8 Å². The number of amides is 1. The van der Waals surface area contributed by atoms with Crippen LogP contribution in [0.3, 0.4) is 0 Å². The molecule has 7 heteroatoms. The van der Waals surface area contributed by atoms with E-state index in [1.54, 1.807) is 0 Å². The van der Waals surface area contributed by atoms with Crippen molar-refractivity contribution in [3.63, 3.8) is 0 Å². The third-order valence-corrected chi connectivity index (χ3v) is 5.73. The second-order valence-corrected chi connectivity index (χ2v) is 7.74. The summed E-state index contributed by atoms with van der Waals surface area (Å²) < 4.78 is 5.86. The number of piperidine rings is 2. The lowest BCUT2D eigenvalue weighted by atomic mass is 9.95. The van der Waals surface area contributed by atoms with Gasteiger partial charge in [-0.2, -0.15) is 4.98 Å². The lowest BCUT2D eigenvalue weighted by molar-refractivity contribution is -0.125. The summed E-state index contributed by atoms with van der Waals surface area (Å²) in [5.74, 6) is 0.934. The smallest absolute Gasteiger partial charge is 0.298 e. The third-order valence-electron chi connectivity index (χ3n) is 5.50. The number of carbonyl (C=O) groups is 1. The molecule has 6 nitrogen and oxygen atoms in total. The number of anilines is 1. The molecule has 3 heterocycles. The van der Waals surface area contributed by atoms with Gasteiger partial charge in [0.15, 0.2) is 5.58 Å². The zero-order valence-electron chi connectivity index (χ0n) is 14.8. The van der Waals surface area contributed by atoms with Crippen molar-refractivity contribution in [3.05, 3.63) is 23.2 Å². The first-order valence-electron chi connectivity index (χ1n) is 9.48. The highest BCUT2D eigenvalue weighted by Gasteiger charge is 2.25. The first kappa shape index (κ1) is 17.6. The van der Waals surface area contributed by atoms with Gasteiger partial charge in [0, 0.05) is 30.6 Å². The van der Waals surface area contributed by atoms with Crippen LogP contribution in [0.15, 0.2) is 22.6 Å². The molecule has 0 spiro atoms. The fraction of sp³-hybridized carbons (Fsp3) is 0.579. The van der Waals surface area contributed by atoms with Gasteiger partial charge in [0.05, 0.1) is 0 Å². The van der Waals surface area contributed by atoms with E-state index in [9.17, 15) is 4.79 Å². The highest BCUT2D eigenvalue weighted by Crippen LogP contribution is 2.27. The topological polar surface area (TPSA) is 70.4 Å². The fourth-order valence-electron chi connectivity index (χ4n) is 3.83. The first-order valence-corrected chi connectivity index (χ1v) is 9.86. The predicted molar refractivity (Wildman–Crippen MR) is 103 cm³/mol. The number of halogens is 1. The lowest BCUT2D eigenvalue weighted by Gasteiger charge is -2.31. The maximum absolute atomic E-state index is 12.3. The average Bonchev–Trinajstić information content (AvgIpc) is 3.10. The van der Waals surface area contributed by atoms with Crippen molar-refractivity contribution in [2.24, 2.45) is 11.8 Å². The van der Waals surface area contributed by atoms with Gasteiger partial charge in [-0.25, -0.2) is 0 Å². The fourth-order valence-corrected chi connectivity index (χ4v) is 3.99. The van der Waals surface area contributed by atoms with Gasteiger partial charge in [-0.15, -0.1) is 0 Å². The Balaban J connectivity index is 1.27. The Morgan fingerprint density at radius 2 is 2.04 bits per heavy atom. The number of oxazole rings is 1. The molecule has 2 saturated heterocycles. The molecular weight excluding hydrogens is 352 g/mol. The van der Waals surface area contributed by atoms with Crippen molar-refractivity contribution in [1.82, 2.24) is 15.6 Å². The van der Waals surface area contributed by atoms with Crippen LogP contribution in [0.2, 0.25) is 5.02 Å². The Morgan fingerprint density at radius 3 is 2.81 bits per heavy atom. The zero-order valence-corrected chi connectivity index (χ0v) is 15.6. The molecule has 1 amide bonds. The maximum Gasteiger partial charge on any atom is 0.298 e. The molecule has 0 saturated carbocycles. The van der Waals surface area contributed by atoms with Gasteiger partial charge in [-0.1, -0.05) is 11.6 Å². The van der Waals surface area contributed by atoms with Gasteiger partial charge in [-0.05, 0) is 62.9 Å². The highest BCUT2D eigenvalue weighted by molar-refractivity contribution is 6.31. The molecule has 2 N–H and O–H groups in total. The molecule has 0 bridgehead atoms. The molecule has 26 heavy (non-hydrogen) atoms. The largest absolute Gasteiger partial charge is 0.423 e. The third kappa shape index (κ3) is 3.96.